The summed E-state index contributed by atoms with van der Waals surface area (Å²) < 4.78 is 0. The summed E-state index contributed by atoms with van der Waals surface area (Å²) in [5.74, 6) is -0.477. The molecule has 2 rings (SSSR count). The quantitative estimate of drug-likeness (QED) is 0.680. The third kappa shape index (κ3) is 1.89. The van der Waals surface area contributed by atoms with Gasteiger partial charge in [-0.05, 0) is 17.6 Å². The number of carbonyl (C=O) groups is 1. The summed E-state index contributed by atoms with van der Waals surface area (Å²) in [6.45, 7) is 0. The Hall–Kier alpha value is -1.68. The molecule has 0 aromatic rings. The molecular formula is C11H13N3O. The van der Waals surface area contributed by atoms with E-state index in [1.807, 2.05) is 24.3 Å². The molecular weight excluding hydrogens is 190 g/mol. The van der Waals surface area contributed by atoms with Gasteiger partial charge in [0.2, 0.25) is 5.91 Å². The maximum absolute atomic E-state index is 10.8. The summed E-state index contributed by atoms with van der Waals surface area (Å²) in [5.41, 5.74) is 12.9. The van der Waals surface area contributed by atoms with Crippen molar-refractivity contribution in [1.29, 1.82) is 0 Å². The van der Waals surface area contributed by atoms with E-state index in [0.29, 0.717) is 6.42 Å². The second kappa shape index (κ2) is 3.82. The zero-order valence-corrected chi connectivity index (χ0v) is 8.26. The SMILES string of the molecule is NC(=O)C(N)CC1=C2C=CC=CC2N=C1. The molecule has 2 unspecified atom stereocenters. The van der Waals surface area contributed by atoms with Crippen molar-refractivity contribution in [2.24, 2.45) is 16.5 Å². The Bertz CT molecular complexity index is 404. The number of aliphatic imine (C=N–C) groups is 1. The lowest BCUT2D eigenvalue weighted by atomic mass is 9.96. The molecule has 0 radical (unpaired) electrons. The summed E-state index contributed by atoms with van der Waals surface area (Å²) in [7, 11) is 0. The highest BCUT2D eigenvalue weighted by Gasteiger charge is 2.21. The molecule has 4 heteroatoms. The van der Waals surface area contributed by atoms with Crippen molar-refractivity contribution in [3.8, 4) is 0 Å². The maximum atomic E-state index is 10.8. The second-order valence-corrected chi connectivity index (χ2v) is 3.66. The van der Waals surface area contributed by atoms with E-state index in [4.69, 9.17) is 11.5 Å². The predicted molar refractivity (Wildman–Crippen MR) is 59.4 cm³/mol. The topological polar surface area (TPSA) is 81.5 Å². The highest BCUT2D eigenvalue weighted by molar-refractivity contribution is 5.88. The van der Waals surface area contributed by atoms with Gasteiger partial charge in [-0.3, -0.25) is 9.79 Å². The predicted octanol–water partition coefficient (Wildman–Crippen LogP) is 0.0647. The third-order valence-corrected chi connectivity index (χ3v) is 2.57. The molecule has 0 saturated carbocycles. The van der Waals surface area contributed by atoms with Gasteiger partial charge in [-0.25, -0.2) is 0 Å². The lowest BCUT2D eigenvalue weighted by Crippen LogP contribution is -2.36. The number of fused-ring (bicyclic) bond motifs is 1. The first kappa shape index (κ1) is 9.86. The number of hydrogen-bond donors (Lipinski definition) is 2. The van der Waals surface area contributed by atoms with Crippen molar-refractivity contribution < 1.29 is 4.79 Å². The molecule has 0 saturated heterocycles. The number of allylic oxidation sites excluding steroid dienone is 2. The van der Waals surface area contributed by atoms with E-state index in [1.54, 1.807) is 6.21 Å². The molecule has 4 nitrogen and oxygen atoms in total. The highest BCUT2D eigenvalue weighted by atomic mass is 16.1. The summed E-state index contributed by atoms with van der Waals surface area (Å²) in [6, 6.07) is -0.526. The Labute approximate surface area is 88.0 Å². The summed E-state index contributed by atoms with van der Waals surface area (Å²) >= 11 is 0. The molecule has 15 heavy (non-hydrogen) atoms. The minimum atomic E-state index is -0.628. The first-order chi connectivity index (χ1) is 7.18. The van der Waals surface area contributed by atoms with Crippen LogP contribution in [0.15, 0.2) is 40.4 Å². The smallest absolute Gasteiger partial charge is 0.234 e. The van der Waals surface area contributed by atoms with Crippen LogP contribution in [0.3, 0.4) is 0 Å². The van der Waals surface area contributed by atoms with Gasteiger partial charge >= 0.3 is 0 Å². The Morgan fingerprint density at radius 3 is 3.07 bits per heavy atom. The first-order valence-corrected chi connectivity index (χ1v) is 4.84. The molecule has 0 bridgehead atoms. The lowest BCUT2D eigenvalue weighted by Gasteiger charge is -2.11. The molecule has 1 amide bonds. The Kier molecular flexibility index (Phi) is 2.51. The van der Waals surface area contributed by atoms with Crippen LogP contribution in [-0.2, 0) is 4.79 Å². The number of carbonyl (C=O) groups excluding carboxylic acids is 1. The van der Waals surface area contributed by atoms with E-state index in [2.05, 4.69) is 4.99 Å². The van der Waals surface area contributed by atoms with E-state index in [0.717, 1.165) is 11.1 Å². The molecule has 4 N–H and O–H groups in total. The van der Waals surface area contributed by atoms with Crippen LogP contribution in [-0.4, -0.2) is 24.2 Å². The minimum Gasteiger partial charge on any atom is -0.368 e. The highest BCUT2D eigenvalue weighted by Crippen LogP contribution is 2.25. The van der Waals surface area contributed by atoms with Gasteiger partial charge in [0.05, 0.1) is 12.1 Å². The number of primary amides is 1. The van der Waals surface area contributed by atoms with Crippen molar-refractivity contribution in [3.05, 3.63) is 35.5 Å². The van der Waals surface area contributed by atoms with Crippen LogP contribution in [0.2, 0.25) is 0 Å². The number of nitrogens with zero attached hydrogens (tertiary/aromatic N) is 1. The van der Waals surface area contributed by atoms with Gasteiger partial charge in [-0.1, -0.05) is 24.3 Å². The third-order valence-electron chi connectivity index (χ3n) is 2.57. The van der Waals surface area contributed by atoms with Crippen molar-refractivity contribution in [2.75, 3.05) is 0 Å². The molecule has 78 valence electrons. The van der Waals surface area contributed by atoms with E-state index in [9.17, 15) is 4.79 Å². The van der Waals surface area contributed by atoms with Crippen LogP contribution in [0.4, 0.5) is 0 Å². The van der Waals surface area contributed by atoms with Crippen molar-refractivity contribution >= 4 is 12.1 Å². The summed E-state index contributed by atoms with van der Waals surface area (Å²) in [5, 5.41) is 0. The van der Waals surface area contributed by atoms with Crippen molar-refractivity contribution in [1.82, 2.24) is 0 Å². The van der Waals surface area contributed by atoms with Gasteiger partial charge in [-0.15, -0.1) is 0 Å². The molecule has 0 fully saturated rings. The normalized spacial score (nSPS) is 24.5. The Morgan fingerprint density at radius 1 is 1.53 bits per heavy atom. The fourth-order valence-corrected chi connectivity index (χ4v) is 1.71. The van der Waals surface area contributed by atoms with E-state index < -0.39 is 11.9 Å². The molecule has 0 aromatic heterocycles. The number of hydrogen-bond acceptors (Lipinski definition) is 3. The summed E-state index contributed by atoms with van der Waals surface area (Å²) in [6.07, 6.45) is 10.2. The van der Waals surface area contributed by atoms with E-state index in [1.165, 1.54) is 0 Å². The van der Waals surface area contributed by atoms with Gasteiger partial charge < -0.3 is 11.5 Å². The molecule has 0 aromatic carbocycles. The molecule has 2 atom stereocenters. The van der Waals surface area contributed by atoms with Gasteiger partial charge in [0.15, 0.2) is 0 Å². The van der Waals surface area contributed by atoms with Gasteiger partial charge in [0, 0.05) is 6.21 Å². The minimum absolute atomic E-state index is 0.102. The number of rotatable bonds is 3. The van der Waals surface area contributed by atoms with Crippen molar-refractivity contribution in [3.63, 3.8) is 0 Å². The van der Waals surface area contributed by atoms with Crippen LogP contribution < -0.4 is 11.5 Å². The van der Waals surface area contributed by atoms with Crippen LogP contribution in [0, 0.1) is 0 Å². The average Bonchev–Trinajstić information content (AvgIpc) is 2.62. The largest absolute Gasteiger partial charge is 0.368 e. The average molecular weight is 203 g/mol. The maximum Gasteiger partial charge on any atom is 0.234 e. The van der Waals surface area contributed by atoms with Crippen LogP contribution in [0.1, 0.15) is 6.42 Å². The van der Waals surface area contributed by atoms with Gasteiger partial charge in [0.25, 0.3) is 0 Å². The zero-order valence-electron chi connectivity index (χ0n) is 8.26. The molecule has 1 heterocycles. The van der Waals surface area contributed by atoms with Crippen LogP contribution in [0.5, 0.6) is 0 Å². The Morgan fingerprint density at radius 2 is 2.33 bits per heavy atom. The number of nitrogens with two attached hydrogens (primary N) is 2. The van der Waals surface area contributed by atoms with Gasteiger partial charge in [0.1, 0.15) is 0 Å². The fraction of sp³-hybridized carbons (Fsp3) is 0.273. The number of amides is 1. The monoisotopic (exact) mass is 203 g/mol. The standard InChI is InChI=1S/C11H13N3O/c12-9(11(13)15)5-7-6-14-10-4-2-1-3-8(7)10/h1-4,6,9-10H,5,12H2,(H2,13,15). The first-order valence-electron chi connectivity index (χ1n) is 4.84. The van der Waals surface area contributed by atoms with Crippen molar-refractivity contribution in [2.45, 2.75) is 18.5 Å². The van der Waals surface area contributed by atoms with Crippen LogP contribution >= 0.6 is 0 Å². The molecule has 2 aliphatic rings. The molecule has 1 aliphatic heterocycles. The van der Waals surface area contributed by atoms with Crippen LogP contribution in [0.25, 0.3) is 0 Å². The van der Waals surface area contributed by atoms with Gasteiger partial charge in [-0.2, -0.15) is 0 Å². The Balaban J connectivity index is 2.16. The molecule has 0 spiro atoms. The lowest BCUT2D eigenvalue weighted by molar-refractivity contribution is -0.119. The second-order valence-electron chi connectivity index (χ2n) is 3.66. The summed E-state index contributed by atoms with van der Waals surface area (Å²) in [4.78, 5) is 15.2. The molecule has 1 aliphatic carbocycles. The van der Waals surface area contributed by atoms with E-state index in [-0.39, 0.29) is 6.04 Å². The fourth-order valence-electron chi connectivity index (χ4n) is 1.71. The van der Waals surface area contributed by atoms with E-state index >= 15 is 0 Å². The zero-order chi connectivity index (χ0) is 10.8.